The Labute approximate surface area is 201 Å². The number of nitrogens with zero attached hydrogens (tertiary/aromatic N) is 2. The number of aliphatic imine (C=N–C) groups is 1. The molecular formula is C32H28N2. The molecule has 0 bridgehead atoms. The van der Waals surface area contributed by atoms with E-state index in [2.05, 4.69) is 135 Å². The van der Waals surface area contributed by atoms with Gasteiger partial charge >= 0.3 is 0 Å². The van der Waals surface area contributed by atoms with Crippen LogP contribution in [0.1, 0.15) is 22.3 Å². The summed E-state index contributed by atoms with van der Waals surface area (Å²) in [6.07, 6.45) is 2.00. The second-order valence-electron chi connectivity index (χ2n) is 8.76. The molecule has 1 heterocycles. The normalized spacial score (nSPS) is 11.3. The fraction of sp³-hybridized carbons (Fsp3) is 0.0938. The quantitative estimate of drug-likeness (QED) is 0.244. The molecule has 0 amide bonds. The maximum Gasteiger partial charge on any atom is 0.0632 e. The molecule has 0 fully saturated rings. The predicted octanol–water partition coefficient (Wildman–Crippen LogP) is 8.49. The van der Waals surface area contributed by atoms with Gasteiger partial charge in [-0.15, -0.1) is 0 Å². The highest BCUT2D eigenvalue weighted by Crippen LogP contribution is 2.35. The van der Waals surface area contributed by atoms with E-state index < -0.39 is 0 Å². The van der Waals surface area contributed by atoms with Crippen LogP contribution in [0.25, 0.3) is 28.2 Å². The summed E-state index contributed by atoms with van der Waals surface area (Å²) in [6, 6.07) is 38.5. The molecule has 2 nitrogen and oxygen atoms in total. The highest BCUT2D eigenvalue weighted by atomic mass is 15.0. The van der Waals surface area contributed by atoms with Crippen molar-refractivity contribution in [2.24, 2.45) is 4.99 Å². The van der Waals surface area contributed by atoms with Crippen molar-refractivity contribution < 1.29 is 0 Å². The summed E-state index contributed by atoms with van der Waals surface area (Å²) in [7, 11) is 0. The Kier molecular flexibility index (Phi) is 5.97. The lowest BCUT2D eigenvalue weighted by Gasteiger charge is -2.15. The molecule has 0 spiro atoms. The summed E-state index contributed by atoms with van der Waals surface area (Å²) in [5.74, 6) is 0. The summed E-state index contributed by atoms with van der Waals surface area (Å²) in [4.78, 5) is 4.88. The molecule has 0 saturated heterocycles. The highest BCUT2D eigenvalue weighted by Gasteiger charge is 2.18. The van der Waals surface area contributed by atoms with Crippen LogP contribution in [0, 0.1) is 20.8 Å². The molecule has 34 heavy (non-hydrogen) atoms. The van der Waals surface area contributed by atoms with Gasteiger partial charge in [-0.2, -0.15) is 0 Å². The second kappa shape index (κ2) is 9.36. The van der Waals surface area contributed by atoms with E-state index in [0.717, 1.165) is 33.9 Å². The second-order valence-corrected chi connectivity index (χ2v) is 8.76. The van der Waals surface area contributed by atoms with Crippen LogP contribution in [-0.4, -0.2) is 10.8 Å². The van der Waals surface area contributed by atoms with Gasteiger partial charge in [0.15, 0.2) is 0 Å². The van der Waals surface area contributed by atoms with Crippen molar-refractivity contribution in [3.63, 3.8) is 0 Å². The van der Waals surface area contributed by atoms with Gasteiger partial charge in [0, 0.05) is 17.5 Å². The number of aryl methyl sites for hydroxylation is 3. The Morgan fingerprint density at radius 1 is 0.618 bits per heavy atom. The zero-order chi connectivity index (χ0) is 23.5. The molecule has 1 aromatic heterocycles. The number of benzene rings is 4. The van der Waals surface area contributed by atoms with Crippen LogP contribution in [0.3, 0.4) is 0 Å². The number of aromatic nitrogens is 1. The minimum absolute atomic E-state index is 0.964. The highest BCUT2D eigenvalue weighted by molar-refractivity contribution is 5.94. The average Bonchev–Trinajstić information content (AvgIpc) is 3.26. The van der Waals surface area contributed by atoms with E-state index in [-0.39, 0.29) is 0 Å². The minimum atomic E-state index is 0.964. The molecule has 0 atom stereocenters. The van der Waals surface area contributed by atoms with Gasteiger partial charge in [-0.1, -0.05) is 84.4 Å². The molecule has 0 aliphatic carbocycles. The molecule has 0 aliphatic heterocycles. The molecule has 5 rings (SSSR count). The smallest absolute Gasteiger partial charge is 0.0632 e. The summed E-state index contributed by atoms with van der Waals surface area (Å²) in [5, 5.41) is 0. The van der Waals surface area contributed by atoms with E-state index in [1.54, 1.807) is 0 Å². The van der Waals surface area contributed by atoms with Crippen LogP contribution in [0.5, 0.6) is 0 Å². The van der Waals surface area contributed by atoms with Crippen molar-refractivity contribution in [3.8, 4) is 28.2 Å². The third-order valence-electron chi connectivity index (χ3n) is 6.28. The molecule has 2 heteroatoms. The monoisotopic (exact) mass is 440 g/mol. The fourth-order valence-electron chi connectivity index (χ4n) is 4.25. The molecule has 0 saturated carbocycles. The topological polar surface area (TPSA) is 17.3 Å². The first-order valence-electron chi connectivity index (χ1n) is 11.6. The van der Waals surface area contributed by atoms with Crippen LogP contribution < -0.4 is 0 Å². The van der Waals surface area contributed by atoms with E-state index in [0.29, 0.717) is 0 Å². The van der Waals surface area contributed by atoms with Crippen LogP contribution in [0.4, 0.5) is 5.69 Å². The summed E-state index contributed by atoms with van der Waals surface area (Å²) in [5.41, 5.74) is 11.6. The van der Waals surface area contributed by atoms with Crippen LogP contribution in [-0.2, 0) is 0 Å². The molecule has 0 N–H and O–H groups in total. The predicted molar refractivity (Wildman–Crippen MR) is 145 cm³/mol. The van der Waals surface area contributed by atoms with Crippen molar-refractivity contribution in [1.29, 1.82) is 0 Å². The Balaban J connectivity index is 1.76. The Hall–Kier alpha value is -4.17. The van der Waals surface area contributed by atoms with Crippen molar-refractivity contribution >= 4 is 11.9 Å². The number of hydrogen-bond acceptors (Lipinski definition) is 1. The average molecular weight is 441 g/mol. The van der Waals surface area contributed by atoms with Crippen molar-refractivity contribution in [2.45, 2.75) is 20.8 Å². The summed E-state index contributed by atoms with van der Waals surface area (Å²) < 4.78 is 2.35. The Morgan fingerprint density at radius 3 is 1.91 bits per heavy atom. The Morgan fingerprint density at radius 2 is 1.26 bits per heavy atom. The van der Waals surface area contributed by atoms with Gasteiger partial charge < -0.3 is 4.57 Å². The summed E-state index contributed by atoms with van der Waals surface area (Å²) >= 11 is 0. The molecule has 166 valence electrons. The van der Waals surface area contributed by atoms with E-state index in [4.69, 9.17) is 4.99 Å². The van der Waals surface area contributed by atoms with Gasteiger partial charge in [-0.3, -0.25) is 4.99 Å². The molecule has 0 radical (unpaired) electrons. The van der Waals surface area contributed by atoms with Crippen LogP contribution in [0.15, 0.2) is 114 Å². The van der Waals surface area contributed by atoms with E-state index in [1.807, 2.05) is 6.21 Å². The summed E-state index contributed by atoms with van der Waals surface area (Å²) in [6.45, 7) is 6.38. The maximum atomic E-state index is 4.88. The largest absolute Gasteiger partial charge is 0.309 e. The molecule has 4 aromatic carbocycles. The standard InChI is InChI=1S/C32H28N2/c1-23-14-18-30(19-15-23)34-31(26-10-6-4-7-11-26)21-28(32(34)27-12-8-5-9-13-27)22-33-29-17-16-24(2)25(3)20-29/h4-22H,1-3H3. The van der Waals surface area contributed by atoms with E-state index in [9.17, 15) is 0 Å². The molecule has 0 unspecified atom stereocenters. The van der Waals surface area contributed by atoms with Gasteiger partial charge in [-0.05, 0) is 73.4 Å². The van der Waals surface area contributed by atoms with Gasteiger partial charge in [0.05, 0.1) is 17.1 Å². The van der Waals surface area contributed by atoms with Crippen molar-refractivity contribution in [2.75, 3.05) is 0 Å². The van der Waals surface area contributed by atoms with Gasteiger partial charge in [0.1, 0.15) is 0 Å². The first-order valence-corrected chi connectivity index (χ1v) is 11.6. The zero-order valence-electron chi connectivity index (χ0n) is 19.9. The van der Waals surface area contributed by atoms with E-state index in [1.165, 1.54) is 22.3 Å². The fourth-order valence-corrected chi connectivity index (χ4v) is 4.25. The van der Waals surface area contributed by atoms with Gasteiger partial charge in [0.25, 0.3) is 0 Å². The zero-order valence-corrected chi connectivity index (χ0v) is 19.9. The number of rotatable bonds is 5. The SMILES string of the molecule is Cc1ccc(-n2c(-c3ccccc3)cc(C=Nc3ccc(C)c(C)c3)c2-c2ccccc2)cc1. The first kappa shape index (κ1) is 21.7. The third-order valence-corrected chi connectivity index (χ3v) is 6.28. The molecule has 0 aliphatic rings. The lowest BCUT2D eigenvalue weighted by molar-refractivity contribution is 1.09. The maximum absolute atomic E-state index is 4.88. The van der Waals surface area contributed by atoms with Crippen LogP contribution >= 0.6 is 0 Å². The number of hydrogen-bond donors (Lipinski definition) is 0. The van der Waals surface area contributed by atoms with Crippen molar-refractivity contribution in [3.05, 3.63) is 131 Å². The minimum Gasteiger partial charge on any atom is -0.309 e. The van der Waals surface area contributed by atoms with Gasteiger partial charge in [0.2, 0.25) is 0 Å². The first-order chi connectivity index (χ1) is 16.6. The molecular weight excluding hydrogens is 412 g/mol. The van der Waals surface area contributed by atoms with Gasteiger partial charge in [-0.25, -0.2) is 0 Å². The van der Waals surface area contributed by atoms with E-state index >= 15 is 0 Å². The lowest BCUT2D eigenvalue weighted by atomic mass is 10.1. The Bertz CT molecular complexity index is 1440. The van der Waals surface area contributed by atoms with Crippen molar-refractivity contribution in [1.82, 2.24) is 4.57 Å². The third kappa shape index (κ3) is 4.35. The van der Waals surface area contributed by atoms with Crippen LogP contribution in [0.2, 0.25) is 0 Å². The lowest BCUT2D eigenvalue weighted by Crippen LogP contribution is -2.00. The molecule has 5 aromatic rings.